The van der Waals surface area contributed by atoms with E-state index in [1.807, 2.05) is 6.92 Å². The molecule has 1 aliphatic heterocycles. The van der Waals surface area contributed by atoms with Gasteiger partial charge in [0.25, 0.3) is 0 Å². The van der Waals surface area contributed by atoms with Crippen molar-refractivity contribution in [2.24, 2.45) is 0 Å². The SMILES string of the molecule is CCCCCCCCCCCCCCCCCCCC(O)C(COC1OC(CO)C(O)C(O)C1O)NC(=O)CCCC. The number of hydrogen-bond acceptors (Lipinski definition) is 8. The van der Waals surface area contributed by atoms with Gasteiger partial charge in [-0.2, -0.15) is 0 Å². The molecule has 250 valence electrons. The summed E-state index contributed by atoms with van der Waals surface area (Å²) >= 11 is 0. The average molecular weight is 604 g/mol. The standard InChI is InChI=1S/C33H65NO8/c1-3-5-7-8-9-10-11-12-13-14-15-16-17-18-19-20-21-22-27(36)26(34-29(37)23-6-4-2)25-41-33-32(40)31(39)30(38)28(24-35)42-33/h26-28,30-33,35-36,38-40H,3-25H2,1-2H3,(H,34,37). The van der Waals surface area contributed by atoms with Gasteiger partial charge >= 0.3 is 0 Å². The van der Waals surface area contributed by atoms with E-state index in [9.17, 15) is 30.3 Å². The highest BCUT2D eigenvalue weighted by molar-refractivity contribution is 5.76. The van der Waals surface area contributed by atoms with Gasteiger partial charge in [0.1, 0.15) is 24.4 Å². The predicted octanol–water partition coefficient (Wildman–Crippen LogP) is 4.88. The van der Waals surface area contributed by atoms with E-state index in [4.69, 9.17) is 9.47 Å². The van der Waals surface area contributed by atoms with Crippen LogP contribution in [0.4, 0.5) is 0 Å². The lowest BCUT2D eigenvalue weighted by Gasteiger charge is -2.40. The van der Waals surface area contributed by atoms with Crippen LogP contribution in [0.5, 0.6) is 0 Å². The lowest BCUT2D eigenvalue weighted by Crippen LogP contribution is -2.60. The van der Waals surface area contributed by atoms with E-state index in [-0.39, 0.29) is 12.5 Å². The minimum Gasteiger partial charge on any atom is -0.394 e. The number of hydrogen-bond donors (Lipinski definition) is 6. The summed E-state index contributed by atoms with van der Waals surface area (Å²) in [5.74, 6) is -0.180. The van der Waals surface area contributed by atoms with Gasteiger partial charge in [-0.1, -0.05) is 129 Å². The molecule has 0 aromatic heterocycles. The minimum absolute atomic E-state index is 0.138. The van der Waals surface area contributed by atoms with E-state index < -0.39 is 49.5 Å². The molecule has 0 saturated carbocycles. The van der Waals surface area contributed by atoms with E-state index in [2.05, 4.69) is 12.2 Å². The van der Waals surface area contributed by atoms with Crippen LogP contribution >= 0.6 is 0 Å². The minimum atomic E-state index is -1.54. The Labute approximate surface area is 255 Å². The number of aliphatic hydroxyl groups excluding tert-OH is 5. The summed E-state index contributed by atoms with van der Waals surface area (Å²) in [7, 11) is 0. The third-order valence-corrected chi connectivity index (χ3v) is 8.46. The zero-order chi connectivity index (χ0) is 31.0. The molecule has 0 spiro atoms. The summed E-state index contributed by atoms with van der Waals surface area (Å²) in [6, 6.07) is -0.706. The molecule has 6 N–H and O–H groups in total. The molecule has 1 saturated heterocycles. The van der Waals surface area contributed by atoms with Gasteiger partial charge in [-0.15, -0.1) is 0 Å². The van der Waals surface area contributed by atoms with Crippen LogP contribution in [0.15, 0.2) is 0 Å². The molecule has 0 aromatic rings. The Balaban J connectivity index is 2.25. The van der Waals surface area contributed by atoms with Crippen LogP contribution < -0.4 is 5.32 Å². The van der Waals surface area contributed by atoms with Crippen molar-refractivity contribution in [1.82, 2.24) is 5.32 Å². The summed E-state index contributed by atoms with van der Waals surface area (Å²) in [4.78, 5) is 12.4. The first-order valence-electron chi connectivity index (χ1n) is 17.2. The van der Waals surface area contributed by atoms with Crippen molar-refractivity contribution in [1.29, 1.82) is 0 Å². The Kier molecular flexibility index (Phi) is 23.8. The van der Waals surface area contributed by atoms with E-state index in [0.717, 1.165) is 32.1 Å². The van der Waals surface area contributed by atoms with E-state index in [1.54, 1.807) is 0 Å². The largest absolute Gasteiger partial charge is 0.394 e. The van der Waals surface area contributed by atoms with Gasteiger partial charge in [0.05, 0.1) is 25.4 Å². The number of nitrogens with one attached hydrogen (secondary N) is 1. The number of carbonyl (C=O) groups excluding carboxylic acids is 1. The molecule has 1 rings (SSSR count). The maximum atomic E-state index is 12.4. The van der Waals surface area contributed by atoms with E-state index >= 15 is 0 Å². The van der Waals surface area contributed by atoms with Crippen molar-refractivity contribution in [3.63, 3.8) is 0 Å². The zero-order valence-corrected chi connectivity index (χ0v) is 26.8. The van der Waals surface area contributed by atoms with Crippen LogP contribution in [-0.2, 0) is 14.3 Å². The Bertz CT molecular complexity index is 637. The zero-order valence-electron chi connectivity index (χ0n) is 26.8. The number of amides is 1. The number of rotatable bonds is 27. The highest BCUT2D eigenvalue weighted by atomic mass is 16.7. The van der Waals surface area contributed by atoms with Crippen molar-refractivity contribution in [2.45, 2.75) is 192 Å². The molecule has 1 heterocycles. The number of unbranched alkanes of at least 4 members (excludes halogenated alkanes) is 17. The van der Waals surface area contributed by atoms with Crippen molar-refractivity contribution in [2.75, 3.05) is 13.2 Å². The highest BCUT2D eigenvalue weighted by Gasteiger charge is 2.44. The summed E-state index contributed by atoms with van der Waals surface area (Å²) in [5.41, 5.74) is 0. The summed E-state index contributed by atoms with van der Waals surface area (Å²) in [6.45, 7) is 3.57. The van der Waals surface area contributed by atoms with Gasteiger partial charge in [-0.25, -0.2) is 0 Å². The first-order chi connectivity index (χ1) is 20.3. The van der Waals surface area contributed by atoms with Crippen LogP contribution in [0.25, 0.3) is 0 Å². The molecular formula is C33H65NO8. The average Bonchev–Trinajstić information content (AvgIpc) is 2.99. The lowest BCUT2D eigenvalue weighted by atomic mass is 9.99. The molecule has 9 nitrogen and oxygen atoms in total. The van der Waals surface area contributed by atoms with Crippen LogP contribution in [0.1, 0.15) is 149 Å². The summed E-state index contributed by atoms with van der Waals surface area (Å²) in [6.07, 6.45) is 16.5. The van der Waals surface area contributed by atoms with Crippen molar-refractivity contribution in [3.8, 4) is 0 Å². The van der Waals surface area contributed by atoms with Crippen LogP contribution in [0, 0.1) is 0 Å². The van der Waals surface area contributed by atoms with E-state index in [1.165, 1.54) is 89.9 Å². The van der Waals surface area contributed by atoms with Gasteiger partial charge in [0, 0.05) is 6.42 Å². The fourth-order valence-electron chi connectivity index (χ4n) is 5.55. The molecule has 42 heavy (non-hydrogen) atoms. The molecule has 7 unspecified atom stereocenters. The predicted molar refractivity (Wildman–Crippen MR) is 166 cm³/mol. The van der Waals surface area contributed by atoms with E-state index in [0.29, 0.717) is 12.8 Å². The fourth-order valence-corrected chi connectivity index (χ4v) is 5.55. The lowest BCUT2D eigenvalue weighted by molar-refractivity contribution is -0.302. The normalized spacial score (nSPS) is 24.0. The molecule has 0 aliphatic carbocycles. The van der Waals surface area contributed by atoms with Crippen LogP contribution in [0.3, 0.4) is 0 Å². The molecule has 0 bridgehead atoms. The molecule has 0 radical (unpaired) electrons. The molecule has 1 amide bonds. The number of ether oxygens (including phenoxy) is 2. The monoisotopic (exact) mass is 603 g/mol. The molecular weight excluding hydrogens is 538 g/mol. The fraction of sp³-hybridized carbons (Fsp3) is 0.970. The second-order valence-corrected chi connectivity index (χ2v) is 12.3. The highest BCUT2D eigenvalue weighted by Crippen LogP contribution is 2.23. The summed E-state index contributed by atoms with van der Waals surface area (Å²) in [5, 5.41) is 53.3. The maximum Gasteiger partial charge on any atom is 0.220 e. The van der Waals surface area contributed by atoms with Gasteiger partial charge in [0.15, 0.2) is 6.29 Å². The third-order valence-electron chi connectivity index (χ3n) is 8.46. The van der Waals surface area contributed by atoms with Gasteiger partial charge in [-0.3, -0.25) is 4.79 Å². The van der Waals surface area contributed by atoms with Crippen molar-refractivity contribution < 1.29 is 39.8 Å². The molecule has 9 heteroatoms. The number of carbonyl (C=O) groups is 1. The molecule has 7 atom stereocenters. The molecule has 1 fully saturated rings. The van der Waals surface area contributed by atoms with Crippen molar-refractivity contribution in [3.05, 3.63) is 0 Å². The molecule has 0 aromatic carbocycles. The second-order valence-electron chi connectivity index (χ2n) is 12.3. The third kappa shape index (κ3) is 17.5. The van der Waals surface area contributed by atoms with Gasteiger partial charge in [0.2, 0.25) is 5.91 Å². The Hall–Kier alpha value is -0.810. The van der Waals surface area contributed by atoms with Gasteiger partial charge < -0.3 is 40.3 Å². The first kappa shape index (κ1) is 39.2. The van der Waals surface area contributed by atoms with Crippen LogP contribution in [-0.4, -0.2) is 87.5 Å². The van der Waals surface area contributed by atoms with Gasteiger partial charge in [-0.05, 0) is 12.8 Å². The maximum absolute atomic E-state index is 12.4. The Morgan fingerprint density at radius 3 is 1.67 bits per heavy atom. The van der Waals surface area contributed by atoms with Crippen molar-refractivity contribution >= 4 is 5.91 Å². The summed E-state index contributed by atoms with van der Waals surface area (Å²) < 4.78 is 11.0. The Morgan fingerprint density at radius 2 is 1.19 bits per heavy atom. The smallest absolute Gasteiger partial charge is 0.220 e. The van der Waals surface area contributed by atoms with Crippen LogP contribution in [0.2, 0.25) is 0 Å². The first-order valence-corrected chi connectivity index (χ1v) is 17.2. The molecule has 1 aliphatic rings. The topological polar surface area (TPSA) is 149 Å². The number of aliphatic hydroxyl groups is 5. The quantitative estimate of drug-likeness (QED) is 0.0728. The Morgan fingerprint density at radius 1 is 0.714 bits per heavy atom. The second kappa shape index (κ2) is 25.5.